The van der Waals surface area contributed by atoms with Crippen LogP contribution in [-0.2, 0) is 0 Å². The number of methoxy groups -OCH3 is 1. The van der Waals surface area contributed by atoms with Crippen LogP contribution in [0.3, 0.4) is 0 Å². The number of hydrogen-bond donors (Lipinski definition) is 3. The molecule has 8 heteroatoms. The van der Waals surface area contributed by atoms with Crippen molar-refractivity contribution in [2.45, 2.75) is 26.3 Å². The molecule has 8 nitrogen and oxygen atoms in total. The fourth-order valence-electron chi connectivity index (χ4n) is 3.72. The summed E-state index contributed by atoms with van der Waals surface area (Å²) in [6, 6.07) is 24.0. The second kappa shape index (κ2) is 11.9. The molecule has 38 heavy (non-hydrogen) atoms. The molecule has 0 aliphatic heterocycles. The number of amides is 3. The van der Waals surface area contributed by atoms with Crippen molar-refractivity contribution in [2.75, 3.05) is 17.7 Å². The van der Waals surface area contributed by atoms with Crippen LogP contribution in [0.5, 0.6) is 11.5 Å². The van der Waals surface area contributed by atoms with Gasteiger partial charge in [-0.05, 0) is 90.8 Å². The molecule has 4 rings (SSSR count). The molecule has 1 unspecified atom stereocenters. The smallest absolute Gasteiger partial charge is 0.417 e. The third-order valence-corrected chi connectivity index (χ3v) is 6.01. The van der Waals surface area contributed by atoms with E-state index in [1.165, 1.54) is 0 Å². The van der Waals surface area contributed by atoms with Gasteiger partial charge in [-0.1, -0.05) is 25.1 Å². The molecular formula is C30H29N3O5. The van der Waals surface area contributed by atoms with Crippen molar-refractivity contribution in [3.63, 3.8) is 0 Å². The predicted octanol–water partition coefficient (Wildman–Crippen LogP) is 6.61. The molecule has 0 bridgehead atoms. The van der Waals surface area contributed by atoms with Gasteiger partial charge in [0, 0.05) is 28.5 Å². The maximum Gasteiger partial charge on any atom is 0.417 e. The van der Waals surface area contributed by atoms with Crippen LogP contribution in [0.15, 0.2) is 84.9 Å². The maximum absolute atomic E-state index is 13.1. The summed E-state index contributed by atoms with van der Waals surface area (Å²) < 4.78 is 10.4. The lowest BCUT2D eigenvalue weighted by atomic mass is 9.99. The average Bonchev–Trinajstić information content (AvgIpc) is 2.93. The Hall–Kier alpha value is -4.85. The average molecular weight is 512 g/mol. The zero-order chi connectivity index (χ0) is 27.1. The van der Waals surface area contributed by atoms with Crippen LogP contribution >= 0.6 is 0 Å². The molecule has 194 valence electrons. The lowest BCUT2D eigenvalue weighted by Gasteiger charge is -2.13. The largest absolute Gasteiger partial charge is 0.497 e. The number of fused-ring (bicyclic) bond motifs is 1. The summed E-state index contributed by atoms with van der Waals surface area (Å²) in [6.07, 6.45) is 0.201. The number of nitrogens with one attached hydrogen (secondary N) is 3. The van der Waals surface area contributed by atoms with Gasteiger partial charge in [-0.3, -0.25) is 10.1 Å². The van der Waals surface area contributed by atoms with Crippen molar-refractivity contribution in [1.82, 2.24) is 5.32 Å². The molecule has 0 heterocycles. The van der Waals surface area contributed by atoms with E-state index < -0.39 is 6.09 Å². The summed E-state index contributed by atoms with van der Waals surface area (Å²) in [7, 11) is 1.57. The molecule has 3 amide bonds. The first kappa shape index (κ1) is 26.2. The molecule has 4 aromatic rings. The minimum Gasteiger partial charge on any atom is -0.497 e. The van der Waals surface area contributed by atoms with Crippen molar-refractivity contribution in [3.05, 3.63) is 96.1 Å². The topological polar surface area (TPSA) is 106 Å². The Labute approximate surface area is 221 Å². The van der Waals surface area contributed by atoms with Crippen LogP contribution in [0.4, 0.5) is 21.0 Å². The highest BCUT2D eigenvalue weighted by atomic mass is 16.6. The fraction of sp³-hybridized carbons (Fsp3) is 0.167. The molecule has 4 aromatic carbocycles. The molecule has 1 atom stereocenters. The predicted molar refractivity (Wildman–Crippen MR) is 148 cm³/mol. The highest BCUT2D eigenvalue weighted by Gasteiger charge is 2.12. The highest BCUT2D eigenvalue weighted by Crippen LogP contribution is 2.23. The minimum atomic E-state index is -0.644. The van der Waals surface area contributed by atoms with E-state index >= 15 is 0 Å². The van der Waals surface area contributed by atoms with Gasteiger partial charge in [-0.2, -0.15) is 0 Å². The van der Waals surface area contributed by atoms with Crippen molar-refractivity contribution in [1.29, 1.82) is 0 Å². The van der Waals surface area contributed by atoms with Crippen LogP contribution in [0.1, 0.15) is 36.2 Å². The number of anilines is 2. The molecule has 0 radical (unpaired) electrons. The third kappa shape index (κ3) is 6.67. The van der Waals surface area contributed by atoms with Crippen LogP contribution in [0.2, 0.25) is 0 Å². The molecule has 0 spiro atoms. The number of ether oxygens (including phenoxy) is 2. The summed E-state index contributed by atoms with van der Waals surface area (Å²) in [6.45, 7) is 3.95. The SMILES string of the molecule is CCC(C)NC(=O)Nc1ccc2cc(C(=O)c3ccc(OC(=O)Nc4ccc(OC)cc4)cc3)ccc2c1. The van der Waals surface area contributed by atoms with Gasteiger partial charge in [0.25, 0.3) is 0 Å². The number of urea groups is 1. The first-order valence-electron chi connectivity index (χ1n) is 12.2. The van der Waals surface area contributed by atoms with Crippen molar-refractivity contribution >= 4 is 40.1 Å². The first-order valence-corrected chi connectivity index (χ1v) is 12.2. The van der Waals surface area contributed by atoms with E-state index in [-0.39, 0.29) is 17.9 Å². The number of ketones is 1. The Morgan fingerprint density at radius 3 is 2.03 bits per heavy atom. The molecule has 3 N–H and O–H groups in total. The van der Waals surface area contributed by atoms with E-state index in [1.54, 1.807) is 67.8 Å². The standard InChI is InChI=1S/C30H29N3O5/c1-4-19(2)31-29(35)32-25-10-7-21-17-23(6-5-22(21)18-25)28(34)20-8-13-27(14-9-20)38-30(36)33-24-11-15-26(37-3)16-12-24/h5-19H,4H2,1-3H3,(H,33,36)(H2,31,32,35). The van der Waals surface area contributed by atoms with Gasteiger partial charge in [0.2, 0.25) is 0 Å². The number of carbonyl (C=O) groups is 3. The second-order valence-corrected chi connectivity index (χ2v) is 8.78. The van der Waals surface area contributed by atoms with E-state index in [4.69, 9.17) is 9.47 Å². The summed E-state index contributed by atoms with van der Waals surface area (Å²) in [5, 5.41) is 10.1. The van der Waals surface area contributed by atoms with Crippen LogP contribution < -0.4 is 25.4 Å². The van der Waals surface area contributed by atoms with Gasteiger partial charge in [0.15, 0.2) is 5.78 Å². The molecule has 0 aliphatic rings. The lowest BCUT2D eigenvalue weighted by Crippen LogP contribution is -2.35. The summed E-state index contributed by atoms with van der Waals surface area (Å²) in [4.78, 5) is 37.4. The van der Waals surface area contributed by atoms with E-state index in [9.17, 15) is 14.4 Å². The Kier molecular flexibility index (Phi) is 8.23. The molecule has 0 fully saturated rings. The van der Waals surface area contributed by atoms with Crippen molar-refractivity contribution in [2.24, 2.45) is 0 Å². The summed E-state index contributed by atoms with van der Waals surface area (Å²) in [5.74, 6) is 0.832. The quantitative estimate of drug-likeness (QED) is 0.231. The van der Waals surface area contributed by atoms with E-state index in [1.807, 2.05) is 38.1 Å². The zero-order valence-electron chi connectivity index (χ0n) is 21.4. The number of rotatable bonds is 8. The minimum absolute atomic E-state index is 0.0844. The molecule has 0 saturated carbocycles. The second-order valence-electron chi connectivity index (χ2n) is 8.78. The Morgan fingerprint density at radius 2 is 1.34 bits per heavy atom. The van der Waals surface area contributed by atoms with Gasteiger partial charge >= 0.3 is 12.1 Å². The number of hydrogen-bond acceptors (Lipinski definition) is 5. The molecule has 0 saturated heterocycles. The van der Waals surface area contributed by atoms with Crippen molar-refractivity contribution < 1.29 is 23.9 Å². The Balaban J connectivity index is 1.38. The van der Waals surface area contributed by atoms with E-state index in [0.29, 0.717) is 34.0 Å². The maximum atomic E-state index is 13.1. The Bertz CT molecular complexity index is 1450. The third-order valence-electron chi connectivity index (χ3n) is 6.01. The van der Waals surface area contributed by atoms with Crippen LogP contribution in [0, 0.1) is 0 Å². The van der Waals surface area contributed by atoms with Crippen LogP contribution in [0.25, 0.3) is 10.8 Å². The number of carbonyl (C=O) groups excluding carboxylic acids is 3. The Morgan fingerprint density at radius 1 is 0.737 bits per heavy atom. The molecule has 0 aromatic heterocycles. The molecule has 0 aliphatic carbocycles. The molecular weight excluding hydrogens is 482 g/mol. The zero-order valence-corrected chi connectivity index (χ0v) is 21.4. The van der Waals surface area contributed by atoms with E-state index in [2.05, 4.69) is 16.0 Å². The normalized spacial score (nSPS) is 11.3. The summed E-state index contributed by atoms with van der Waals surface area (Å²) >= 11 is 0. The van der Waals surface area contributed by atoms with Gasteiger partial charge in [-0.15, -0.1) is 0 Å². The first-order chi connectivity index (χ1) is 18.3. The van der Waals surface area contributed by atoms with Gasteiger partial charge in [0.1, 0.15) is 11.5 Å². The van der Waals surface area contributed by atoms with Gasteiger partial charge in [-0.25, -0.2) is 9.59 Å². The van der Waals surface area contributed by atoms with Crippen LogP contribution in [-0.4, -0.2) is 31.1 Å². The highest BCUT2D eigenvalue weighted by molar-refractivity contribution is 6.11. The van der Waals surface area contributed by atoms with Gasteiger partial charge < -0.3 is 20.1 Å². The number of benzene rings is 4. The summed E-state index contributed by atoms with van der Waals surface area (Å²) in [5.41, 5.74) is 2.23. The van der Waals surface area contributed by atoms with Gasteiger partial charge in [0.05, 0.1) is 7.11 Å². The fourth-order valence-corrected chi connectivity index (χ4v) is 3.72. The lowest BCUT2D eigenvalue weighted by molar-refractivity contribution is 0.103. The monoisotopic (exact) mass is 511 g/mol. The van der Waals surface area contributed by atoms with Crippen molar-refractivity contribution in [3.8, 4) is 11.5 Å². The van der Waals surface area contributed by atoms with E-state index in [0.717, 1.165) is 17.2 Å².